The van der Waals surface area contributed by atoms with Gasteiger partial charge in [-0.15, -0.1) is 0 Å². The van der Waals surface area contributed by atoms with E-state index in [2.05, 4.69) is 51.3 Å². The first-order valence-corrected chi connectivity index (χ1v) is 7.63. The number of aromatic nitrogens is 4. The van der Waals surface area contributed by atoms with Gasteiger partial charge in [-0.2, -0.15) is 5.10 Å². The van der Waals surface area contributed by atoms with E-state index in [-0.39, 0.29) is 0 Å². The summed E-state index contributed by atoms with van der Waals surface area (Å²) >= 11 is 2.26. The predicted octanol–water partition coefficient (Wildman–Crippen LogP) is 2.62. The van der Waals surface area contributed by atoms with Gasteiger partial charge in [-0.3, -0.25) is 0 Å². The van der Waals surface area contributed by atoms with Crippen molar-refractivity contribution in [3.63, 3.8) is 0 Å². The quantitative estimate of drug-likeness (QED) is 0.707. The molecule has 0 aromatic carbocycles. The van der Waals surface area contributed by atoms with Crippen LogP contribution in [-0.2, 0) is 6.54 Å². The van der Waals surface area contributed by atoms with Crippen molar-refractivity contribution in [3.8, 4) is 5.82 Å². The smallest absolute Gasteiger partial charge is 0.176 e. The molecule has 0 unspecified atom stereocenters. The Kier molecular flexibility index (Phi) is 3.75. The molecule has 0 atom stereocenters. The van der Waals surface area contributed by atoms with Gasteiger partial charge in [-0.25, -0.2) is 9.67 Å². The molecule has 0 aliphatic heterocycles. The van der Waals surface area contributed by atoms with Crippen LogP contribution in [0.3, 0.4) is 0 Å². The molecule has 0 amide bonds. The van der Waals surface area contributed by atoms with Crippen molar-refractivity contribution in [2.45, 2.75) is 26.4 Å². The van der Waals surface area contributed by atoms with Gasteiger partial charge < -0.3 is 9.72 Å². The van der Waals surface area contributed by atoms with Crippen LogP contribution < -0.4 is 5.32 Å². The lowest BCUT2D eigenvalue weighted by Gasteiger charge is -2.09. The Morgan fingerprint density at radius 1 is 1.35 bits per heavy atom. The molecular formula is C14H16IN5. The number of imidazole rings is 1. The monoisotopic (exact) mass is 381 g/mol. The molecule has 0 aliphatic carbocycles. The zero-order chi connectivity index (χ0) is 14.1. The van der Waals surface area contributed by atoms with Gasteiger partial charge in [0.1, 0.15) is 5.65 Å². The van der Waals surface area contributed by atoms with E-state index >= 15 is 0 Å². The molecule has 104 valence electrons. The van der Waals surface area contributed by atoms with Crippen LogP contribution in [0.4, 0.5) is 0 Å². The molecule has 1 N–H and O–H groups in total. The van der Waals surface area contributed by atoms with Crippen molar-refractivity contribution < 1.29 is 0 Å². The molecule has 3 aromatic heterocycles. The molecular weight excluding hydrogens is 365 g/mol. The molecule has 5 nitrogen and oxygen atoms in total. The van der Waals surface area contributed by atoms with Crippen molar-refractivity contribution in [2.24, 2.45) is 0 Å². The zero-order valence-corrected chi connectivity index (χ0v) is 13.6. The Balaban J connectivity index is 2.12. The number of halogens is 1. The van der Waals surface area contributed by atoms with Crippen LogP contribution >= 0.6 is 22.6 Å². The Morgan fingerprint density at radius 2 is 2.20 bits per heavy atom. The third-order valence-electron chi connectivity index (χ3n) is 3.05. The molecule has 0 radical (unpaired) electrons. The lowest BCUT2D eigenvalue weighted by atomic mass is 10.3. The maximum Gasteiger partial charge on any atom is 0.176 e. The highest BCUT2D eigenvalue weighted by Gasteiger charge is 2.14. The van der Waals surface area contributed by atoms with E-state index in [1.54, 1.807) is 0 Å². The largest absolute Gasteiger partial charge is 0.309 e. The molecule has 3 heterocycles. The minimum atomic E-state index is 0.426. The summed E-state index contributed by atoms with van der Waals surface area (Å²) in [5.41, 5.74) is 2.06. The lowest BCUT2D eigenvalue weighted by Crippen LogP contribution is -2.23. The summed E-state index contributed by atoms with van der Waals surface area (Å²) in [6.07, 6.45) is 5.86. The predicted molar refractivity (Wildman–Crippen MR) is 87.0 cm³/mol. The highest BCUT2D eigenvalue weighted by Crippen LogP contribution is 2.17. The Labute approximate surface area is 131 Å². The molecule has 0 bridgehead atoms. The van der Waals surface area contributed by atoms with Crippen molar-refractivity contribution in [1.82, 2.24) is 24.5 Å². The fraction of sp³-hybridized carbons (Fsp3) is 0.286. The molecule has 3 rings (SSSR count). The van der Waals surface area contributed by atoms with Gasteiger partial charge in [0.25, 0.3) is 0 Å². The molecule has 0 saturated heterocycles. The van der Waals surface area contributed by atoms with Crippen molar-refractivity contribution in [3.05, 3.63) is 46.1 Å². The van der Waals surface area contributed by atoms with Crippen LogP contribution in [0.25, 0.3) is 11.5 Å². The van der Waals surface area contributed by atoms with Crippen molar-refractivity contribution in [1.29, 1.82) is 0 Å². The average Bonchev–Trinajstić information content (AvgIpc) is 2.99. The zero-order valence-electron chi connectivity index (χ0n) is 11.4. The molecule has 0 spiro atoms. The molecule has 0 saturated carbocycles. The highest BCUT2D eigenvalue weighted by molar-refractivity contribution is 14.1. The second-order valence-electron chi connectivity index (χ2n) is 4.95. The fourth-order valence-electron chi connectivity index (χ4n) is 2.10. The van der Waals surface area contributed by atoms with Crippen LogP contribution in [0, 0.1) is 3.57 Å². The second kappa shape index (κ2) is 5.53. The highest BCUT2D eigenvalue weighted by atomic mass is 127. The molecule has 0 aliphatic rings. The summed E-state index contributed by atoms with van der Waals surface area (Å²) in [4.78, 5) is 4.69. The van der Waals surface area contributed by atoms with E-state index in [1.807, 2.05) is 41.5 Å². The maximum atomic E-state index is 4.69. The summed E-state index contributed by atoms with van der Waals surface area (Å²) in [7, 11) is 0. The lowest BCUT2D eigenvalue weighted by molar-refractivity contribution is 0.576. The normalized spacial score (nSPS) is 11.6. The van der Waals surface area contributed by atoms with Crippen LogP contribution in [0.5, 0.6) is 0 Å². The van der Waals surface area contributed by atoms with Gasteiger partial charge >= 0.3 is 0 Å². The van der Waals surface area contributed by atoms with Gasteiger partial charge in [-0.1, -0.05) is 19.9 Å². The topological polar surface area (TPSA) is 47.2 Å². The van der Waals surface area contributed by atoms with Crippen molar-refractivity contribution in [2.75, 3.05) is 0 Å². The summed E-state index contributed by atoms with van der Waals surface area (Å²) in [6.45, 7) is 5.04. The first-order chi connectivity index (χ1) is 9.65. The van der Waals surface area contributed by atoms with E-state index in [1.165, 1.54) is 0 Å². The molecule has 6 heteroatoms. The summed E-state index contributed by atoms with van der Waals surface area (Å²) < 4.78 is 5.05. The van der Waals surface area contributed by atoms with E-state index in [0.29, 0.717) is 6.04 Å². The number of pyridine rings is 1. The van der Waals surface area contributed by atoms with Gasteiger partial charge in [0.05, 0.1) is 15.5 Å². The van der Waals surface area contributed by atoms with Gasteiger partial charge in [0, 0.05) is 25.0 Å². The minimum Gasteiger partial charge on any atom is -0.309 e. The Bertz CT molecular complexity index is 728. The third kappa shape index (κ3) is 2.57. The first kappa shape index (κ1) is 13.6. The van der Waals surface area contributed by atoms with Gasteiger partial charge in [0.2, 0.25) is 0 Å². The molecule has 0 fully saturated rings. The van der Waals surface area contributed by atoms with E-state index in [9.17, 15) is 0 Å². The molecule has 3 aromatic rings. The standard InChI is InChI=1S/C14H16IN5/c1-10(2)16-8-12-14(20-9-11(15)7-17-20)18-13-5-3-4-6-19(12)13/h3-7,9-10,16H,8H2,1-2H3. The number of nitrogens with zero attached hydrogens (tertiary/aromatic N) is 4. The van der Waals surface area contributed by atoms with Crippen molar-refractivity contribution >= 4 is 28.2 Å². The van der Waals surface area contributed by atoms with Crippen LogP contribution in [0.15, 0.2) is 36.8 Å². The third-order valence-corrected chi connectivity index (χ3v) is 3.61. The SMILES string of the molecule is CC(C)NCc1c(-n2cc(I)cn2)nc2ccccn12. The number of hydrogen-bond acceptors (Lipinski definition) is 3. The fourth-order valence-corrected chi connectivity index (χ4v) is 2.49. The van der Waals surface area contributed by atoms with Crippen LogP contribution in [-0.4, -0.2) is 25.2 Å². The summed E-state index contributed by atoms with van der Waals surface area (Å²) in [5, 5.41) is 7.83. The van der Waals surface area contributed by atoms with Crippen LogP contribution in [0.2, 0.25) is 0 Å². The average molecular weight is 381 g/mol. The molecule has 20 heavy (non-hydrogen) atoms. The van der Waals surface area contributed by atoms with E-state index < -0.39 is 0 Å². The first-order valence-electron chi connectivity index (χ1n) is 6.55. The van der Waals surface area contributed by atoms with Crippen LogP contribution in [0.1, 0.15) is 19.5 Å². The van der Waals surface area contributed by atoms with E-state index in [4.69, 9.17) is 4.98 Å². The number of fused-ring (bicyclic) bond motifs is 1. The Hall–Kier alpha value is -1.41. The number of rotatable bonds is 4. The van der Waals surface area contributed by atoms with E-state index in [0.717, 1.165) is 27.3 Å². The van der Waals surface area contributed by atoms with Gasteiger partial charge in [0.15, 0.2) is 5.82 Å². The number of nitrogens with one attached hydrogen (secondary N) is 1. The van der Waals surface area contributed by atoms with Gasteiger partial charge in [-0.05, 0) is 34.7 Å². The summed E-state index contributed by atoms with van der Waals surface area (Å²) in [5.74, 6) is 0.882. The maximum absolute atomic E-state index is 4.69. The summed E-state index contributed by atoms with van der Waals surface area (Å²) in [6, 6.07) is 6.45. The number of hydrogen-bond donors (Lipinski definition) is 1. The Morgan fingerprint density at radius 3 is 2.90 bits per heavy atom. The minimum absolute atomic E-state index is 0.426. The second-order valence-corrected chi connectivity index (χ2v) is 6.20.